The zero-order chi connectivity index (χ0) is 15.5. The molecule has 0 spiro atoms. The summed E-state index contributed by atoms with van der Waals surface area (Å²) >= 11 is 0. The standard InChI is InChI=1S/C16H24N2O3/c1-16(2,3)21-15(20)18-9-5-7-13(11-18)17-12-6-4-8-14(19)10-12/h4,6,8,10,13,17,19H,5,7,9,11H2,1-3H3. The molecule has 1 unspecified atom stereocenters. The summed E-state index contributed by atoms with van der Waals surface area (Å²) < 4.78 is 5.41. The van der Waals surface area contributed by atoms with Gasteiger partial charge in [0.2, 0.25) is 0 Å². The van der Waals surface area contributed by atoms with E-state index in [2.05, 4.69) is 5.32 Å². The molecule has 116 valence electrons. The van der Waals surface area contributed by atoms with Crippen LogP contribution < -0.4 is 5.32 Å². The first-order chi connectivity index (χ1) is 9.83. The van der Waals surface area contributed by atoms with Crippen LogP contribution in [0.4, 0.5) is 10.5 Å². The maximum Gasteiger partial charge on any atom is 0.410 e. The molecule has 0 saturated carbocycles. The van der Waals surface area contributed by atoms with Crippen molar-refractivity contribution in [3.63, 3.8) is 0 Å². The van der Waals surface area contributed by atoms with Crippen LogP contribution in [0.25, 0.3) is 0 Å². The van der Waals surface area contributed by atoms with Gasteiger partial charge < -0.3 is 20.1 Å². The summed E-state index contributed by atoms with van der Waals surface area (Å²) in [5.74, 6) is 0.236. The Hall–Kier alpha value is -1.91. The maximum absolute atomic E-state index is 12.1. The number of phenols is 1. The van der Waals surface area contributed by atoms with E-state index in [0.29, 0.717) is 6.54 Å². The van der Waals surface area contributed by atoms with Gasteiger partial charge in [-0.2, -0.15) is 0 Å². The predicted octanol–water partition coefficient (Wildman–Crippen LogP) is 3.20. The number of anilines is 1. The molecule has 21 heavy (non-hydrogen) atoms. The molecule has 1 aliphatic heterocycles. The van der Waals surface area contributed by atoms with Gasteiger partial charge >= 0.3 is 6.09 Å². The van der Waals surface area contributed by atoms with Crippen LogP contribution in [0.5, 0.6) is 5.75 Å². The number of nitrogens with zero attached hydrogens (tertiary/aromatic N) is 1. The number of hydrogen-bond acceptors (Lipinski definition) is 4. The number of piperidine rings is 1. The molecule has 1 heterocycles. The molecular weight excluding hydrogens is 268 g/mol. The second-order valence-corrected chi connectivity index (χ2v) is 6.46. The molecular formula is C16H24N2O3. The molecule has 1 amide bonds. The molecule has 0 aliphatic carbocycles. The molecule has 2 rings (SSSR count). The summed E-state index contributed by atoms with van der Waals surface area (Å²) in [7, 11) is 0. The highest BCUT2D eigenvalue weighted by Gasteiger charge is 2.27. The Balaban J connectivity index is 1.93. The molecule has 0 radical (unpaired) electrons. The van der Waals surface area contributed by atoms with Crippen molar-refractivity contribution in [2.75, 3.05) is 18.4 Å². The largest absolute Gasteiger partial charge is 0.508 e. The quantitative estimate of drug-likeness (QED) is 0.878. The third-order valence-corrected chi connectivity index (χ3v) is 3.29. The summed E-state index contributed by atoms with van der Waals surface area (Å²) in [6.07, 6.45) is 1.68. The third kappa shape index (κ3) is 4.85. The third-order valence-electron chi connectivity index (χ3n) is 3.29. The number of hydrogen-bond donors (Lipinski definition) is 2. The molecule has 2 N–H and O–H groups in total. The van der Waals surface area contributed by atoms with Crippen LogP contribution in [0.1, 0.15) is 33.6 Å². The predicted molar refractivity (Wildman–Crippen MR) is 82.6 cm³/mol. The topological polar surface area (TPSA) is 61.8 Å². The number of phenolic OH excluding ortho intramolecular Hbond substituents is 1. The fourth-order valence-electron chi connectivity index (χ4n) is 2.42. The summed E-state index contributed by atoms with van der Waals surface area (Å²) in [5, 5.41) is 12.8. The van der Waals surface area contributed by atoms with E-state index >= 15 is 0 Å². The number of aromatic hydroxyl groups is 1. The van der Waals surface area contributed by atoms with Crippen molar-refractivity contribution >= 4 is 11.8 Å². The minimum atomic E-state index is -0.470. The Morgan fingerprint density at radius 2 is 2.19 bits per heavy atom. The van der Waals surface area contributed by atoms with Gasteiger partial charge in [0.05, 0.1) is 0 Å². The van der Waals surface area contributed by atoms with Gasteiger partial charge in [0.15, 0.2) is 0 Å². The molecule has 1 aliphatic rings. The molecule has 1 atom stereocenters. The molecule has 1 aromatic rings. The lowest BCUT2D eigenvalue weighted by Gasteiger charge is -2.34. The minimum absolute atomic E-state index is 0.174. The van der Waals surface area contributed by atoms with E-state index in [4.69, 9.17) is 4.74 Å². The van der Waals surface area contributed by atoms with Crippen molar-refractivity contribution < 1.29 is 14.6 Å². The molecule has 1 fully saturated rings. The van der Waals surface area contributed by atoms with Crippen LogP contribution in [0.15, 0.2) is 24.3 Å². The number of amides is 1. The Morgan fingerprint density at radius 3 is 2.86 bits per heavy atom. The molecule has 1 saturated heterocycles. The smallest absolute Gasteiger partial charge is 0.410 e. The number of rotatable bonds is 2. The Morgan fingerprint density at radius 1 is 1.43 bits per heavy atom. The van der Waals surface area contributed by atoms with Crippen LogP contribution in [-0.2, 0) is 4.74 Å². The van der Waals surface area contributed by atoms with Crippen molar-refractivity contribution in [1.82, 2.24) is 4.90 Å². The Kier molecular flexibility index (Phi) is 4.60. The molecule has 0 bridgehead atoms. The minimum Gasteiger partial charge on any atom is -0.508 e. The number of ether oxygens (including phenoxy) is 1. The fraction of sp³-hybridized carbons (Fsp3) is 0.562. The molecule has 0 aromatic heterocycles. The van der Waals surface area contributed by atoms with E-state index in [1.807, 2.05) is 26.8 Å². The average Bonchev–Trinajstić information content (AvgIpc) is 2.37. The van der Waals surface area contributed by atoms with E-state index in [-0.39, 0.29) is 17.9 Å². The SMILES string of the molecule is CC(C)(C)OC(=O)N1CCCC(Nc2cccc(O)c2)C1. The number of carbonyl (C=O) groups excluding carboxylic acids is 1. The summed E-state index contributed by atoms with van der Waals surface area (Å²) in [6.45, 7) is 6.96. The second-order valence-electron chi connectivity index (χ2n) is 6.46. The molecule has 1 aromatic carbocycles. The van der Waals surface area contributed by atoms with Gasteiger partial charge in [-0.3, -0.25) is 0 Å². The number of nitrogens with one attached hydrogen (secondary N) is 1. The Labute approximate surface area is 125 Å². The highest BCUT2D eigenvalue weighted by Crippen LogP contribution is 2.21. The van der Waals surface area contributed by atoms with Gasteiger partial charge in [-0.25, -0.2) is 4.79 Å². The highest BCUT2D eigenvalue weighted by atomic mass is 16.6. The van der Waals surface area contributed by atoms with Crippen LogP contribution in [0.2, 0.25) is 0 Å². The van der Waals surface area contributed by atoms with E-state index in [1.54, 1.807) is 23.1 Å². The lowest BCUT2D eigenvalue weighted by atomic mass is 10.1. The molecule has 5 nitrogen and oxygen atoms in total. The van der Waals surface area contributed by atoms with Crippen molar-refractivity contribution in [3.05, 3.63) is 24.3 Å². The van der Waals surface area contributed by atoms with Gasteiger partial charge in [-0.15, -0.1) is 0 Å². The van der Waals surface area contributed by atoms with Crippen molar-refractivity contribution in [2.45, 2.75) is 45.3 Å². The second kappa shape index (κ2) is 6.24. The van der Waals surface area contributed by atoms with Gasteiger partial charge in [0.25, 0.3) is 0 Å². The lowest BCUT2D eigenvalue weighted by Crippen LogP contribution is -2.46. The van der Waals surface area contributed by atoms with Crippen molar-refractivity contribution in [1.29, 1.82) is 0 Å². The van der Waals surface area contributed by atoms with E-state index in [1.165, 1.54) is 0 Å². The highest BCUT2D eigenvalue weighted by molar-refractivity contribution is 5.68. The zero-order valence-corrected chi connectivity index (χ0v) is 12.9. The maximum atomic E-state index is 12.1. The molecule has 5 heteroatoms. The number of likely N-dealkylation sites (tertiary alicyclic amines) is 1. The summed E-state index contributed by atoms with van der Waals surface area (Å²) in [4.78, 5) is 13.8. The van der Waals surface area contributed by atoms with Crippen LogP contribution in [0.3, 0.4) is 0 Å². The first-order valence-corrected chi connectivity index (χ1v) is 7.37. The monoisotopic (exact) mass is 292 g/mol. The van der Waals surface area contributed by atoms with E-state index < -0.39 is 5.60 Å². The lowest BCUT2D eigenvalue weighted by molar-refractivity contribution is 0.0206. The zero-order valence-electron chi connectivity index (χ0n) is 12.9. The van der Waals surface area contributed by atoms with Gasteiger partial charge in [0, 0.05) is 30.9 Å². The number of benzene rings is 1. The Bertz CT molecular complexity index is 497. The summed E-state index contributed by atoms with van der Waals surface area (Å²) in [5.41, 5.74) is 0.397. The van der Waals surface area contributed by atoms with Crippen LogP contribution in [0, 0.1) is 0 Å². The first-order valence-electron chi connectivity index (χ1n) is 7.37. The summed E-state index contributed by atoms with van der Waals surface area (Å²) in [6, 6.07) is 7.21. The van der Waals surface area contributed by atoms with Gasteiger partial charge in [0.1, 0.15) is 11.4 Å². The first kappa shape index (κ1) is 15.5. The number of carbonyl (C=O) groups is 1. The normalized spacial score (nSPS) is 19.2. The van der Waals surface area contributed by atoms with Crippen LogP contribution >= 0.6 is 0 Å². The van der Waals surface area contributed by atoms with Gasteiger partial charge in [-0.05, 0) is 45.7 Å². The average molecular weight is 292 g/mol. The van der Waals surface area contributed by atoms with E-state index in [9.17, 15) is 9.90 Å². The van der Waals surface area contributed by atoms with Crippen molar-refractivity contribution in [3.8, 4) is 5.75 Å². The van der Waals surface area contributed by atoms with E-state index in [0.717, 1.165) is 25.1 Å². The van der Waals surface area contributed by atoms with Crippen molar-refractivity contribution in [2.24, 2.45) is 0 Å². The fourth-order valence-corrected chi connectivity index (χ4v) is 2.42. The van der Waals surface area contributed by atoms with Crippen LogP contribution in [-0.4, -0.2) is 40.8 Å². The van der Waals surface area contributed by atoms with Gasteiger partial charge in [-0.1, -0.05) is 6.07 Å².